The van der Waals surface area contributed by atoms with Crippen LogP contribution < -0.4 is 5.32 Å². The summed E-state index contributed by atoms with van der Waals surface area (Å²) in [7, 11) is 0. The summed E-state index contributed by atoms with van der Waals surface area (Å²) in [5.41, 5.74) is 1.96. The third-order valence-electron chi connectivity index (χ3n) is 3.96. The summed E-state index contributed by atoms with van der Waals surface area (Å²) in [4.78, 5) is 14.6. The molecular formula is C18H28N2O2. The van der Waals surface area contributed by atoms with Crippen LogP contribution in [-0.2, 0) is 11.2 Å². The van der Waals surface area contributed by atoms with Gasteiger partial charge in [0, 0.05) is 31.7 Å². The van der Waals surface area contributed by atoms with Gasteiger partial charge in [-0.1, -0.05) is 32.9 Å². The second kappa shape index (κ2) is 8.30. The molecule has 122 valence electrons. The molecule has 1 aromatic rings. The number of morpholine rings is 1. The van der Waals surface area contributed by atoms with Crippen LogP contribution in [0.2, 0.25) is 0 Å². The smallest absolute Gasteiger partial charge is 0.251 e. The van der Waals surface area contributed by atoms with Gasteiger partial charge in [-0.25, -0.2) is 0 Å². The number of carbonyl (C=O) groups excluding carboxylic acids is 1. The predicted octanol–water partition coefficient (Wildman–Crippen LogP) is 2.34. The second-order valence-electron chi connectivity index (χ2n) is 6.41. The number of amides is 1. The van der Waals surface area contributed by atoms with Crippen molar-refractivity contribution in [1.29, 1.82) is 0 Å². The fourth-order valence-corrected chi connectivity index (χ4v) is 2.79. The first-order valence-electron chi connectivity index (χ1n) is 8.29. The molecule has 1 aliphatic heterocycles. The van der Waals surface area contributed by atoms with Gasteiger partial charge in [-0.05, 0) is 30.0 Å². The van der Waals surface area contributed by atoms with E-state index in [9.17, 15) is 4.79 Å². The quantitative estimate of drug-likeness (QED) is 0.877. The molecule has 4 heteroatoms. The fraction of sp³-hybridized carbons (Fsp3) is 0.611. The number of benzene rings is 1. The average molecular weight is 304 g/mol. The standard InChI is InChI=1S/C18H28N2O2/c1-4-15-5-7-16(8-6-15)18(21)19-11-17-13-20(9-10-22-17)12-14(2)3/h5-8,14,17H,4,9-13H2,1-3H3,(H,19,21). The highest BCUT2D eigenvalue weighted by atomic mass is 16.5. The maximum Gasteiger partial charge on any atom is 0.251 e. The van der Waals surface area contributed by atoms with Crippen LogP contribution >= 0.6 is 0 Å². The van der Waals surface area contributed by atoms with Crippen LogP contribution in [0.3, 0.4) is 0 Å². The molecule has 1 fully saturated rings. The first kappa shape index (κ1) is 17.0. The molecule has 0 bridgehead atoms. The molecule has 1 aromatic carbocycles. The molecule has 1 unspecified atom stereocenters. The second-order valence-corrected chi connectivity index (χ2v) is 6.41. The Morgan fingerprint density at radius 2 is 2.09 bits per heavy atom. The molecule has 0 aromatic heterocycles. The topological polar surface area (TPSA) is 41.6 Å². The lowest BCUT2D eigenvalue weighted by Gasteiger charge is -2.33. The monoisotopic (exact) mass is 304 g/mol. The zero-order valence-corrected chi connectivity index (χ0v) is 14.0. The van der Waals surface area contributed by atoms with Gasteiger partial charge in [0.15, 0.2) is 0 Å². The predicted molar refractivity (Wildman–Crippen MR) is 89.2 cm³/mol. The van der Waals surface area contributed by atoms with Crippen molar-refractivity contribution in [3.05, 3.63) is 35.4 Å². The number of hydrogen-bond acceptors (Lipinski definition) is 3. The van der Waals surface area contributed by atoms with Crippen molar-refractivity contribution in [3.63, 3.8) is 0 Å². The Morgan fingerprint density at radius 3 is 2.73 bits per heavy atom. The molecule has 0 aliphatic carbocycles. The molecule has 4 nitrogen and oxygen atoms in total. The van der Waals surface area contributed by atoms with Crippen LogP contribution in [0.4, 0.5) is 0 Å². The van der Waals surface area contributed by atoms with E-state index in [-0.39, 0.29) is 12.0 Å². The van der Waals surface area contributed by atoms with Crippen molar-refractivity contribution >= 4 is 5.91 Å². The van der Waals surface area contributed by atoms with E-state index >= 15 is 0 Å². The van der Waals surface area contributed by atoms with Crippen LogP contribution in [0.15, 0.2) is 24.3 Å². The van der Waals surface area contributed by atoms with Crippen molar-refractivity contribution in [3.8, 4) is 0 Å². The van der Waals surface area contributed by atoms with Gasteiger partial charge in [0.25, 0.3) is 5.91 Å². The molecule has 22 heavy (non-hydrogen) atoms. The summed E-state index contributed by atoms with van der Waals surface area (Å²) >= 11 is 0. The molecule has 1 atom stereocenters. The number of hydrogen-bond donors (Lipinski definition) is 1. The van der Waals surface area contributed by atoms with Crippen molar-refractivity contribution in [2.45, 2.75) is 33.3 Å². The van der Waals surface area contributed by atoms with Crippen LogP contribution in [0.5, 0.6) is 0 Å². The molecule has 0 spiro atoms. The SMILES string of the molecule is CCc1ccc(C(=O)NCC2CN(CC(C)C)CCO2)cc1. The maximum atomic E-state index is 12.2. The minimum atomic E-state index is -0.0211. The molecular weight excluding hydrogens is 276 g/mol. The van der Waals surface area contributed by atoms with E-state index in [2.05, 4.69) is 31.0 Å². The molecule has 2 rings (SSSR count). The van der Waals surface area contributed by atoms with Gasteiger partial charge in [-0.2, -0.15) is 0 Å². The van der Waals surface area contributed by atoms with Crippen molar-refractivity contribution in [2.75, 3.05) is 32.8 Å². The van der Waals surface area contributed by atoms with Crippen molar-refractivity contribution in [1.82, 2.24) is 10.2 Å². The van der Waals surface area contributed by atoms with E-state index in [1.807, 2.05) is 24.3 Å². The number of rotatable bonds is 6. The van der Waals surface area contributed by atoms with Gasteiger partial charge in [-0.15, -0.1) is 0 Å². The van der Waals surface area contributed by atoms with Gasteiger partial charge in [0.05, 0.1) is 12.7 Å². The van der Waals surface area contributed by atoms with E-state index in [0.717, 1.165) is 32.7 Å². The lowest BCUT2D eigenvalue weighted by atomic mass is 10.1. The van der Waals surface area contributed by atoms with Crippen LogP contribution in [0.1, 0.15) is 36.7 Å². The molecule has 1 N–H and O–H groups in total. The van der Waals surface area contributed by atoms with Gasteiger partial charge in [0.2, 0.25) is 0 Å². The third-order valence-corrected chi connectivity index (χ3v) is 3.96. The summed E-state index contributed by atoms with van der Waals surface area (Å²) in [6, 6.07) is 7.80. The molecule has 1 amide bonds. The zero-order valence-electron chi connectivity index (χ0n) is 14.0. The Morgan fingerprint density at radius 1 is 1.36 bits per heavy atom. The summed E-state index contributed by atoms with van der Waals surface area (Å²) in [6.45, 7) is 10.9. The van der Waals surface area contributed by atoms with Crippen LogP contribution in [0.25, 0.3) is 0 Å². The number of carbonyl (C=O) groups is 1. The summed E-state index contributed by atoms with van der Waals surface area (Å²) < 4.78 is 5.76. The summed E-state index contributed by atoms with van der Waals surface area (Å²) in [5, 5.41) is 2.99. The third kappa shape index (κ3) is 5.11. The molecule has 0 saturated carbocycles. The lowest BCUT2D eigenvalue weighted by Crippen LogP contribution is -2.48. The van der Waals surface area contributed by atoms with E-state index in [0.29, 0.717) is 18.0 Å². The highest BCUT2D eigenvalue weighted by Gasteiger charge is 2.21. The molecule has 1 saturated heterocycles. The molecule has 1 heterocycles. The van der Waals surface area contributed by atoms with Gasteiger partial charge >= 0.3 is 0 Å². The van der Waals surface area contributed by atoms with Crippen molar-refractivity contribution in [2.24, 2.45) is 5.92 Å². The zero-order chi connectivity index (χ0) is 15.9. The largest absolute Gasteiger partial charge is 0.374 e. The van der Waals surface area contributed by atoms with E-state index in [4.69, 9.17) is 4.74 Å². The minimum absolute atomic E-state index is 0.0211. The Hall–Kier alpha value is -1.39. The van der Waals surface area contributed by atoms with Crippen molar-refractivity contribution < 1.29 is 9.53 Å². The normalized spacial score (nSPS) is 19.4. The first-order valence-corrected chi connectivity index (χ1v) is 8.29. The Balaban J connectivity index is 1.79. The number of nitrogens with zero attached hydrogens (tertiary/aromatic N) is 1. The van der Waals surface area contributed by atoms with Crippen LogP contribution in [-0.4, -0.2) is 49.7 Å². The Kier molecular flexibility index (Phi) is 6.40. The van der Waals surface area contributed by atoms with Gasteiger partial charge in [-0.3, -0.25) is 9.69 Å². The minimum Gasteiger partial charge on any atom is -0.374 e. The summed E-state index contributed by atoms with van der Waals surface area (Å²) in [6.07, 6.45) is 1.08. The number of aryl methyl sites for hydroxylation is 1. The Labute approximate surface area is 133 Å². The fourth-order valence-electron chi connectivity index (χ4n) is 2.79. The van der Waals surface area contributed by atoms with Gasteiger partial charge < -0.3 is 10.1 Å². The number of nitrogens with one attached hydrogen (secondary N) is 1. The number of ether oxygens (including phenoxy) is 1. The molecule has 1 aliphatic rings. The van der Waals surface area contributed by atoms with Gasteiger partial charge in [0.1, 0.15) is 0 Å². The highest BCUT2D eigenvalue weighted by Crippen LogP contribution is 2.08. The van der Waals surface area contributed by atoms with E-state index in [1.165, 1.54) is 5.56 Å². The lowest BCUT2D eigenvalue weighted by molar-refractivity contribution is -0.0295. The van der Waals surface area contributed by atoms with Crippen LogP contribution in [0, 0.1) is 5.92 Å². The summed E-state index contributed by atoms with van der Waals surface area (Å²) in [5.74, 6) is 0.637. The molecule has 0 radical (unpaired) electrons. The highest BCUT2D eigenvalue weighted by molar-refractivity contribution is 5.94. The maximum absolute atomic E-state index is 12.2. The van der Waals surface area contributed by atoms with E-state index in [1.54, 1.807) is 0 Å². The Bertz CT molecular complexity index is 470. The first-order chi connectivity index (χ1) is 10.6. The van der Waals surface area contributed by atoms with E-state index < -0.39 is 0 Å². The average Bonchev–Trinajstić information content (AvgIpc) is 2.52.